The van der Waals surface area contributed by atoms with E-state index in [1.54, 1.807) is 0 Å². The first-order valence-corrected chi connectivity index (χ1v) is 13.0. The van der Waals surface area contributed by atoms with Gasteiger partial charge in [0.25, 0.3) is 0 Å². The Labute approximate surface area is 212 Å². The van der Waals surface area contributed by atoms with E-state index < -0.39 is 0 Å². The molecule has 0 saturated carbocycles. The van der Waals surface area contributed by atoms with E-state index in [4.69, 9.17) is 37.9 Å². The van der Waals surface area contributed by atoms with E-state index in [9.17, 15) is 4.79 Å². The molecule has 0 saturated heterocycles. The first-order valence-electron chi connectivity index (χ1n) is 13.0. The fourth-order valence-corrected chi connectivity index (χ4v) is 2.71. The highest BCUT2D eigenvalue weighted by Gasteiger charge is 1.99. The predicted octanol–water partition coefficient (Wildman–Crippen LogP) is 2.65. The molecule has 0 heterocycles. The average molecular weight is 511 g/mol. The Bertz CT molecular complexity index is 412. The molecule has 0 amide bonds. The number of rotatable bonds is 30. The molecule has 0 radical (unpaired) electrons. The Morgan fingerprint density at radius 2 is 0.743 bits per heavy atom. The molecule has 0 rings (SSSR count). The molecule has 10 heteroatoms. The number of hydrogen-bond acceptors (Lipinski definition) is 10. The SMILES string of the molecule is CCCCCCCOCCOCCOCCOCCOCCOCCOCCOCCC(=O)OC. The van der Waals surface area contributed by atoms with Gasteiger partial charge in [-0.3, -0.25) is 4.79 Å². The van der Waals surface area contributed by atoms with Gasteiger partial charge in [0.1, 0.15) is 0 Å². The third-order valence-corrected chi connectivity index (χ3v) is 4.67. The molecule has 0 aromatic rings. The lowest BCUT2D eigenvalue weighted by molar-refractivity contribution is -0.141. The van der Waals surface area contributed by atoms with Crippen LogP contribution in [0.4, 0.5) is 0 Å². The van der Waals surface area contributed by atoms with Crippen LogP contribution in [-0.4, -0.2) is 119 Å². The second kappa shape index (κ2) is 31.2. The molecular weight excluding hydrogens is 460 g/mol. The summed E-state index contributed by atoms with van der Waals surface area (Å²) in [5.41, 5.74) is 0. The van der Waals surface area contributed by atoms with Gasteiger partial charge in [-0.25, -0.2) is 0 Å². The Morgan fingerprint density at radius 1 is 0.429 bits per heavy atom. The van der Waals surface area contributed by atoms with E-state index in [0.29, 0.717) is 99.1 Å². The minimum atomic E-state index is -0.278. The van der Waals surface area contributed by atoms with Crippen molar-refractivity contribution in [3.05, 3.63) is 0 Å². The zero-order valence-corrected chi connectivity index (χ0v) is 22.1. The van der Waals surface area contributed by atoms with Crippen molar-refractivity contribution >= 4 is 5.97 Å². The Hall–Kier alpha value is -0.850. The van der Waals surface area contributed by atoms with E-state index in [1.165, 1.54) is 32.8 Å². The number of hydrogen-bond donors (Lipinski definition) is 0. The largest absolute Gasteiger partial charge is 0.469 e. The second-order valence-electron chi connectivity index (χ2n) is 7.64. The van der Waals surface area contributed by atoms with Crippen LogP contribution >= 0.6 is 0 Å². The number of methoxy groups -OCH3 is 1. The highest BCUT2D eigenvalue weighted by atomic mass is 16.6. The zero-order valence-electron chi connectivity index (χ0n) is 22.1. The quantitative estimate of drug-likeness (QED) is 0.106. The van der Waals surface area contributed by atoms with Crippen molar-refractivity contribution in [3.8, 4) is 0 Å². The monoisotopic (exact) mass is 510 g/mol. The highest BCUT2D eigenvalue weighted by molar-refractivity contribution is 5.69. The van der Waals surface area contributed by atoms with E-state index >= 15 is 0 Å². The number of carbonyl (C=O) groups excluding carboxylic acids is 1. The van der Waals surface area contributed by atoms with Gasteiger partial charge >= 0.3 is 5.97 Å². The summed E-state index contributed by atoms with van der Waals surface area (Å²) >= 11 is 0. The van der Waals surface area contributed by atoms with Gasteiger partial charge in [0.15, 0.2) is 0 Å². The molecule has 0 aliphatic carbocycles. The molecule has 0 aliphatic heterocycles. The summed E-state index contributed by atoms with van der Waals surface area (Å²) < 4.78 is 47.9. The first kappa shape index (κ1) is 34.1. The molecule has 0 N–H and O–H groups in total. The summed E-state index contributed by atoms with van der Waals surface area (Å²) in [6.45, 7) is 10.8. The van der Waals surface area contributed by atoms with Gasteiger partial charge in [-0.05, 0) is 6.42 Å². The van der Waals surface area contributed by atoms with Gasteiger partial charge < -0.3 is 42.6 Å². The molecule has 0 fully saturated rings. The molecule has 0 atom stereocenters. The summed E-state index contributed by atoms with van der Waals surface area (Å²) in [5.74, 6) is -0.278. The van der Waals surface area contributed by atoms with E-state index in [2.05, 4.69) is 11.7 Å². The topological polar surface area (TPSA) is 100 Å². The summed E-state index contributed by atoms with van der Waals surface area (Å²) in [4.78, 5) is 10.9. The zero-order chi connectivity index (χ0) is 25.5. The first-order chi connectivity index (χ1) is 17.3. The number of carbonyl (C=O) groups is 1. The second-order valence-corrected chi connectivity index (χ2v) is 7.64. The summed E-state index contributed by atoms with van der Waals surface area (Å²) in [5, 5.41) is 0. The van der Waals surface area contributed by atoms with Crippen LogP contribution in [0.5, 0.6) is 0 Å². The maximum atomic E-state index is 10.9. The minimum absolute atomic E-state index is 0.254. The third-order valence-electron chi connectivity index (χ3n) is 4.67. The maximum absolute atomic E-state index is 10.9. The van der Waals surface area contributed by atoms with Crippen molar-refractivity contribution < 1.29 is 47.4 Å². The van der Waals surface area contributed by atoms with Gasteiger partial charge in [-0.15, -0.1) is 0 Å². The lowest BCUT2D eigenvalue weighted by Crippen LogP contribution is -2.15. The average Bonchev–Trinajstić information content (AvgIpc) is 2.87. The Kier molecular flexibility index (Phi) is 30.4. The molecule has 0 aromatic carbocycles. The van der Waals surface area contributed by atoms with Crippen molar-refractivity contribution in [2.75, 3.05) is 113 Å². The van der Waals surface area contributed by atoms with Gasteiger partial charge in [-0.2, -0.15) is 0 Å². The van der Waals surface area contributed by atoms with Gasteiger partial charge in [0.2, 0.25) is 0 Å². The minimum Gasteiger partial charge on any atom is -0.469 e. The van der Waals surface area contributed by atoms with E-state index in [-0.39, 0.29) is 12.4 Å². The van der Waals surface area contributed by atoms with Gasteiger partial charge in [-0.1, -0.05) is 32.6 Å². The summed E-state index contributed by atoms with van der Waals surface area (Å²) in [6, 6.07) is 0. The van der Waals surface area contributed by atoms with Crippen LogP contribution in [0.15, 0.2) is 0 Å². The van der Waals surface area contributed by atoms with Crippen LogP contribution in [0.2, 0.25) is 0 Å². The molecule has 0 spiro atoms. The smallest absolute Gasteiger partial charge is 0.307 e. The normalized spacial score (nSPS) is 11.3. The highest BCUT2D eigenvalue weighted by Crippen LogP contribution is 2.02. The predicted molar refractivity (Wildman–Crippen MR) is 132 cm³/mol. The molecule has 0 aromatic heterocycles. The van der Waals surface area contributed by atoms with Crippen molar-refractivity contribution in [1.29, 1.82) is 0 Å². The van der Waals surface area contributed by atoms with Crippen molar-refractivity contribution in [1.82, 2.24) is 0 Å². The summed E-state index contributed by atoms with van der Waals surface area (Å²) in [7, 11) is 1.36. The fraction of sp³-hybridized carbons (Fsp3) is 0.960. The Balaban J connectivity index is 3.02. The van der Waals surface area contributed by atoms with Crippen LogP contribution < -0.4 is 0 Å². The Morgan fingerprint density at radius 3 is 1.09 bits per heavy atom. The van der Waals surface area contributed by atoms with Crippen molar-refractivity contribution in [3.63, 3.8) is 0 Å². The van der Waals surface area contributed by atoms with Crippen LogP contribution in [-0.2, 0) is 47.4 Å². The molecule has 10 nitrogen and oxygen atoms in total. The third kappa shape index (κ3) is 31.1. The molecule has 0 aliphatic rings. The lowest BCUT2D eigenvalue weighted by atomic mass is 10.2. The van der Waals surface area contributed by atoms with Crippen LogP contribution in [0.25, 0.3) is 0 Å². The van der Waals surface area contributed by atoms with Crippen molar-refractivity contribution in [2.45, 2.75) is 45.4 Å². The van der Waals surface area contributed by atoms with Crippen LogP contribution in [0.1, 0.15) is 45.4 Å². The molecule has 0 unspecified atom stereocenters. The van der Waals surface area contributed by atoms with Crippen LogP contribution in [0, 0.1) is 0 Å². The standard InChI is InChI=1S/C25H50O10/c1-3-4-5-6-7-9-28-11-13-30-15-17-32-19-21-34-23-24-35-22-20-33-18-16-31-14-12-29-10-8-25(26)27-2/h3-24H2,1-2H3. The summed E-state index contributed by atoms with van der Waals surface area (Å²) in [6.07, 6.45) is 6.53. The molecule has 35 heavy (non-hydrogen) atoms. The van der Waals surface area contributed by atoms with Gasteiger partial charge in [0.05, 0.1) is 113 Å². The lowest BCUT2D eigenvalue weighted by Gasteiger charge is -2.08. The van der Waals surface area contributed by atoms with Crippen molar-refractivity contribution in [2.24, 2.45) is 0 Å². The van der Waals surface area contributed by atoms with Crippen LogP contribution in [0.3, 0.4) is 0 Å². The number of ether oxygens (including phenoxy) is 9. The molecule has 210 valence electrons. The number of esters is 1. The van der Waals surface area contributed by atoms with E-state index in [1.807, 2.05) is 0 Å². The van der Waals surface area contributed by atoms with Gasteiger partial charge in [0, 0.05) is 6.61 Å². The maximum Gasteiger partial charge on any atom is 0.307 e. The number of unbranched alkanes of at least 4 members (excludes halogenated alkanes) is 4. The molecule has 0 bridgehead atoms. The fourth-order valence-electron chi connectivity index (χ4n) is 2.71. The van der Waals surface area contributed by atoms with E-state index in [0.717, 1.165) is 13.0 Å². The molecular formula is C25H50O10.